The molecule has 0 bridgehead atoms. The summed E-state index contributed by atoms with van der Waals surface area (Å²) in [5, 5.41) is 0. The van der Waals surface area contributed by atoms with Crippen molar-refractivity contribution in [1.82, 2.24) is 9.80 Å². The monoisotopic (exact) mass is 364 g/mol. The molecule has 5 heteroatoms. The molecule has 0 saturated carbocycles. The topological polar surface area (TPSA) is 49.9 Å². The second-order valence-electron chi connectivity index (χ2n) is 7.12. The number of hydrogen-bond acceptors (Lipinski definition) is 3. The number of methoxy groups -OCH3 is 1. The van der Waals surface area contributed by atoms with Crippen molar-refractivity contribution in [2.45, 2.75) is 19.3 Å². The zero-order valence-electron chi connectivity index (χ0n) is 15.6. The van der Waals surface area contributed by atoms with Gasteiger partial charge in [0, 0.05) is 31.7 Å². The molecule has 1 saturated heterocycles. The second kappa shape index (κ2) is 7.43. The molecule has 2 aliphatic rings. The molecule has 0 unspecified atom stereocenters. The van der Waals surface area contributed by atoms with Crippen molar-refractivity contribution in [2.75, 3.05) is 33.3 Å². The van der Waals surface area contributed by atoms with Gasteiger partial charge in [-0.25, -0.2) is 0 Å². The smallest absolute Gasteiger partial charge is 0.257 e. The Morgan fingerprint density at radius 2 is 1.52 bits per heavy atom. The first-order chi connectivity index (χ1) is 13.2. The maximum Gasteiger partial charge on any atom is 0.257 e. The van der Waals surface area contributed by atoms with Gasteiger partial charge in [0.1, 0.15) is 5.75 Å². The highest BCUT2D eigenvalue weighted by Crippen LogP contribution is 2.24. The van der Waals surface area contributed by atoms with Gasteiger partial charge in [0.2, 0.25) is 0 Å². The second-order valence-corrected chi connectivity index (χ2v) is 7.12. The molecule has 27 heavy (non-hydrogen) atoms. The lowest BCUT2D eigenvalue weighted by Gasteiger charge is -2.35. The van der Waals surface area contributed by atoms with Crippen LogP contribution in [0.3, 0.4) is 0 Å². The predicted molar refractivity (Wildman–Crippen MR) is 103 cm³/mol. The van der Waals surface area contributed by atoms with E-state index in [0.717, 1.165) is 18.4 Å². The van der Waals surface area contributed by atoms with Gasteiger partial charge in [-0.15, -0.1) is 0 Å². The number of ether oxygens (including phenoxy) is 1. The van der Waals surface area contributed by atoms with Crippen LogP contribution in [0.2, 0.25) is 0 Å². The van der Waals surface area contributed by atoms with E-state index in [4.69, 9.17) is 4.74 Å². The lowest BCUT2D eigenvalue weighted by molar-refractivity contribution is 0.0533. The van der Waals surface area contributed by atoms with Gasteiger partial charge in [-0.3, -0.25) is 9.59 Å². The van der Waals surface area contributed by atoms with Crippen molar-refractivity contribution in [2.24, 2.45) is 0 Å². The maximum absolute atomic E-state index is 12.8. The van der Waals surface area contributed by atoms with Crippen LogP contribution in [-0.2, 0) is 12.8 Å². The minimum atomic E-state index is -0.0444. The van der Waals surface area contributed by atoms with Crippen molar-refractivity contribution in [3.63, 3.8) is 0 Å². The molecular weight excluding hydrogens is 340 g/mol. The first-order valence-corrected chi connectivity index (χ1v) is 9.51. The third-order valence-corrected chi connectivity index (χ3v) is 5.54. The normalized spacial score (nSPS) is 16.2. The van der Waals surface area contributed by atoms with E-state index in [1.165, 1.54) is 17.5 Å². The maximum atomic E-state index is 12.8. The van der Waals surface area contributed by atoms with Crippen LogP contribution in [0, 0.1) is 0 Å². The van der Waals surface area contributed by atoms with E-state index < -0.39 is 0 Å². The van der Waals surface area contributed by atoms with Crippen LogP contribution in [-0.4, -0.2) is 54.9 Å². The minimum Gasteiger partial charge on any atom is -0.496 e. The summed E-state index contributed by atoms with van der Waals surface area (Å²) in [4.78, 5) is 29.3. The number of fused-ring (bicyclic) bond motifs is 1. The van der Waals surface area contributed by atoms with Gasteiger partial charge >= 0.3 is 0 Å². The molecule has 0 N–H and O–H groups in total. The number of carbonyl (C=O) groups excluding carboxylic acids is 2. The molecule has 1 aliphatic heterocycles. The molecule has 0 radical (unpaired) electrons. The molecule has 4 rings (SSSR count). The molecule has 0 spiro atoms. The number of carbonyl (C=O) groups is 2. The van der Waals surface area contributed by atoms with Gasteiger partial charge in [0.25, 0.3) is 11.8 Å². The zero-order chi connectivity index (χ0) is 18.8. The molecule has 1 aliphatic carbocycles. The average Bonchev–Trinajstić information content (AvgIpc) is 3.20. The molecule has 5 nitrogen and oxygen atoms in total. The molecule has 1 heterocycles. The van der Waals surface area contributed by atoms with E-state index in [9.17, 15) is 9.59 Å². The van der Waals surface area contributed by atoms with Crippen molar-refractivity contribution in [3.05, 3.63) is 64.7 Å². The van der Waals surface area contributed by atoms with Gasteiger partial charge in [0.05, 0.1) is 12.7 Å². The van der Waals surface area contributed by atoms with Gasteiger partial charge in [-0.1, -0.05) is 18.2 Å². The SMILES string of the molecule is COc1ccccc1C(=O)N1CCN(C(=O)c2ccc3c(c2)CCC3)CC1. The highest BCUT2D eigenvalue weighted by atomic mass is 16.5. The summed E-state index contributed by atoms with van der Waals surface area (Å²) in [5.74, 6) is 0.602. The summed E-state index contributed by atoms with van der Waals surface area (Å²) < 4.78 is 5.30. The molecule has 0 aromatic heterocycles. The first kappa shape index (κ1) is 17.6. The Morgan fingerprint density at radius 3 is 2.26 bits per heavy atom. The number of para-hydroxylation sites is 1. The number of piperazine rings is 1. The van der Waals surface area contributed by atoms with Crippen molar-refractivity contribution in [3.8, 4) is 5.75 Å². The van der Waals surface area contributed by atoms with E-state index in [1.807, 2.05) is 23.1 Å². The van der Waals surface area contributed by atoms with E-state index >= 15 is 0 Å². The minimum absolute atomic E-state index is 0.0444. The van der Waals surface area contributed by atoms with Gasteiger partial charge in [0.15, 0.2) is 0 Å². The van der Waals surface area contributed by atoms with Crippen LogP contribution in [0.25, 0.3) is 0 Å². The molecule has 2 amide bonds. The largest absolute Gasteiger partial charge is 0.496 e. The number of aryl methyl sites for hydroxylation is 2. The fourth-order valence-corrected chi connectivity index (χ4v) is 3.99. The molecule has 1 fully saturated rings. The first-order valence-electron chi connectivity index (χ1n) is 9.51. The average molecular weight is 364 g/mol. The van der Waals surface area contributed by atoms with Crippen molar-refractivity contribution < 1.29 is 14.3 Å². The number of hydrogen-bond donors (Lipinski definition) is 0. The summed E-state index contributed by atoms with van der Waals surface area (Å²) in [6.45, 7) is 2.18. The van der Waals surface area contributed by atoms with Crippen LogP contribution in [0.5, 0.6) is 5.75 Å². The number of rotatable bonds is 3. The molecule has 2 aromatic rings. The predicted octanol–water partition coefficient (Wildman–Crippen LogP) is 2.78. The summed E-state index contributed by atoms with van der Waals surface area (Å²) in [6.07, 6.45) is 3.36. The number of amides is 2. The standard InChI is InChI=1S/C22H24N2O3/c1-27-20-8-3-2-7-19(20)22(26)24-13-11-23(12-14-24)21(25)18-10-9-16-5-4-6-17(16)15-18/h2-3,7-10,15H,4-6,11-14H2,1H3. The Morgan fingerprint density at radius 1 is 0.852 bits per heavy atom. The number of nitrogens with zero attached hydrogens (tertiary/aromatic N) is 2. The summed E-state index contributed by atoms with van der Waals surface area (Å²) >= 11 is 0. The van der Waals surface area contributed by atoms with E-state index in [-0.39, 0.29) is 11.8 Å². The Kier molecular flexibility index (Phi) is 4.84. The van der Waals surface area contributed by atoms with Crippen molar-refractivity contribution >= 4 is 11.8 Å². The third kappa shape index (κ3) is 3.42. The Balaban J connectivity index is 1.41. The van der Waals surface area contributed by atoms with Crippen LogP contribution < -0.4 is 4.74 Å². The highest BCUT2D eigenvalue weighted by molar-refractivity contribution is 5.97. The van der Waals surface area contributed by atoms with E-state index in [2.05, 4.69) is 12.1 Å². The fourth-order valence-electron chi connectivity index (χ4n) is 3.99. The Hall–Kier alpha value is -2.82. The van der Waals surface area contributed by atoms with Crippen LogP contribution in [0.15, 0.2) is 42.5 Å². The lowest BCUT2D eigenvalue weighted by Crippen LogP contribution is -2.50. The molecular formula is C22H24N2O3. The van der Waals surface area contributed by atoms with Crippen LogP contribution >= 0.6 is 0 Å². The van der Waals surface area contributed by atoms with E-state index in [0.29, 0.717) is 37.5 Å². The summed E-state index contributed by atoms with van der Waals surface area (Å²) in [6, 6.07) is 13.4. The summed E-state index contributed by atoms with van der Waals surface area (Å²) in [5.41, 5.74) is 4.02. The van der Waals surface area contributed by atoms with E-state index in [1.54, 1.807) is 24.1 Å². The highest BCUT2D eigenvalue weighted by Gasteiger charge is 2.27. The third-order valence-electron chi connectivity index (χ3n) is 5.54. The van der Waals surface area contributed by atoms with Gasteiger partial charge < -0.3 is 14.5 Å². The van der Waals surface area contributed by atoms with Crippen molar-refractivity contribution in [1.29, 1.82) is 0 Å². The Bertz CT molecular complexity index is 870. The summed E-state index contributed by atoms with van der Waals surface area (Å²) in [7, 11) is 1.57. The molecule has 0 atom stereocenters. The zero-order valence-corrected chi connectivity index (χ0v) is 15.6. The Labute approximate surface area is 159 Å². The fraction of sp³-hybridized carbons (Fsp3) is 0.364. The quantitative estimate of drug-likeness (QED) is 0.842. The van der Waals surface area contributed by atoms with Gasteiger partial charge in [-0.2, -0.15) is 0 Å². The van der Waals surface area contributed by atoms with Crippen LogP contribution in [0.4, 0.5) is 0 Å². The lowest BCUT2D eigenvalue weighted by atomic mass is 10.1. The van der Waals surface area contributed by atoms with Gasteiger partial charge in [-0.05, 0) is 54.7 Å². The van der Waals surface area contributed by atoms with Crippen LogP contribution in [0.1, 0.15) is 38.3 Å². The number of benzene rings is 2. The molecule has 2 aromatic carbocycles. The molecule has 140 valence electrons.